The summed E-state index contributed by atoms with van der Waals surface area (Å²) >= 11 is 5.67. The van der Waals surface area contributed by atoms with E-state index in [1.165, 1.54) is 0 Å². The minimum Gasteiger partial charge on any atom is -0.379 e. The highest BCUT2D eigenvalue weighted by atomic mass is 35.5. The monoisotopic (exact) mass is 213 g/mol. The van der Waals surface area contributed by atoms with E-state index >= 15 is 0 Å². The predicted octanol–water partition coefficient (Wildman–Crippen LogP) is 1.55. The van der Waals surface area contributed by atoms with Crippen LogP contribution in [0.2, 0.25) is 0 Å². The van der Waals surface area contributed by atoms with Crippen LogP contribution in [0.25, 0.3) is 0 Å². The van der Waals surface area contributed by atoms with Crippen molar-refractivity contribution < 1.29 is 4.74 Å². The summed E-state index contributed by atoms with van der Waals surface area (Å²) in [5.41, 5.74) is 0.666. The van der Waals surface area contributed by atoms with Gasteiger partial charge in [-0.15, -0.1) is 11.6 Å². The molecular weight excluding hydrogens is 202 g/mol. The lowest BCUT2D eigenvalue weighted by molar-refractivity contribution is 0.186. The zero-order valence-corrected chi connectivity index (χ0v) is 8.54. The summed E-state index contributed by atoms with van der Waals surface area (Å²) in [4.78, 5) is 11.8. The second-order valence-corrected chi connectivity index (χ2v) is 3.66. The van der Waals surface area contributed by atoms with Crippen molar-refractivity contribution in [3.05, 3.63) is 34.2 Å². The number of nitrogens with zero attached hydrogens (tertiary/aromatic N) is 1. The van der Waals surface area contributed by atoms with Crippen LogP contribution in [0.4, 0.5) is 0 Å². The Kier molecular flexibility index (Phi) is 2.89. The molecule has 0 bridgehead atoms. The third-order valence-corrected chi connectivity index (χ3v) is 2.78. The highest BCUT2D eigenvalue weighted by Gasteiger charge is 2.18. The van der Waals surface area contributed by atoms with Crippen molar-refractivity contribution in [1.82, 2.24) is 4.57 Å². The summed E-state index contributed by atoms with van der Waals surface area (Å²) in [6, 6.07) is 3.81. The van der Waals surface area contributed by atoms with Gasteiger partial charge in [0.2, 0.25) is 0 Å². The zero-order chi connectivity index (χ0) is 9.97. The molecule has 3 nitrogen and oxygen atoms in total. The second-order valence-electron chi connectivity index (χ2n) is 3.40. The van der Waals surface area contributed by atoms with Crippen molar-refractivity contribution in [3.8, 4) is 0 Å². The standard InChI is InChI=1S/C10H12ClNO2/c11-6-8-2-1-4-12(10(8)13)9-3-5-14-7-9/h1-2,4,9H,3,5-7H2/t9-/m0/s1. The molecule has 1 aliphatic heterocycles. The summed E-state index contributed by atoms with van der Waals surface area (Å²) in [5.74, 6) is 0.271. The van der Waals surface area contributed by atoms with E-state index in [-0.39, 0.29) is 17.5 Å². The Bertz CT molecular complexity index is 369. The number of hydrogen-bond acceptors (Lipinski definition) is 2. The smallest absolute Gasteiger partial charge is 0.255 e. The minimum atomic E-state index is 0.0120. The maximum absolute atomic E-state index is 11.8. The molecular formula is C10H12ClNO2. The molecule has 0 N–H and O–H groups in total. The van der Waals surface area contributed by atoms with Crippen LogP contribution in [0.15, 0.2) is 23.1 Å². The van der Waals surface area contributed by atoms with E-state index in [1.807, 2.05) is 6.07 Å². The maximum Gasteiger partial charge on any atom is 0.255 e. The van der Waals surface area contributed by atoms with Crippen LogP contribution in [0.1, 0.15) is 18.0 Å². The van der Waals surface area contributed by atoms with Gasteiger partial charge >= 0.3 is 0 Å². The van der Waals surface area contributed by atoms with Gasteiger partial charge in [0.05, 0.1) is 18.5 Å². The van der Waals surface area contributed by atoms with Crippen molar-refractivity contribution in [3.63, 3.8) is 0 Å². The Morgan fingerprint density at radius 1 is 1.64 bits per heavy atom. The molecule has 0 amide bonds. The van der Waals surface area contributed by atoms with Crippen molar-refractivity contribution >= 4 is 11.6 Å². The van der Waals surface area contributed by atoms with Crippen molar-refractivity contribution in [2.75, 3.05) is 13.2 Å². The first-order valence-electron chi connectivity index (χ1n) is 4.66. The first-order valence-corrected chi connectivity index (χ1v) is 5.20. The Labute approximate surface area is 87.3 Å². The molecule has 4 heteroatoms. The summed E-state index contributed by atoms with van der Waals surface area (Å²) < 4.78 is 6.97. The molecule has 1 aliphatic rings. The van der Waals surface area contributed by atoms with Gasteiger partial charge in [0.1, 0.15) is 0 Å². The summed E-state index contributed by atoms with van der Waals surface area (Å²) in [5, 5.41) is 0. The number of alkyl halides is 1. The van der Waals surface area contributed by atoms with Crippen LogP contribution >= 0.6 is 11.6 Å². The van der Waals surface area contributed by atoms with E-state index in [0.717, 1.165) is 13.0 Å². The highest BCUT2D eigenvalue weighted by Crippen LogP contribution is 2.16. The number of aromatic nitrogens is 1. The topological polar surface area (TPSA) is 31.2 Å². The van der Waals surface area contributed by atoms with Gasteiger partial charge in [-0.1, -0.05) is 6.07 Å². The average molecular weight is 214 g/mol. The van der Waals surface area contributed by atoms with Gasteiger partial charge in [0.25, 0.3) is 5.56 Å². The molecule has 2 rings (SSSR count). The van der Waals surface area contributed by atoms with Crippen LogP contribution in [0.3, 0.4) is 0 Å². The van der Waals surface area contributed by atoms with Gasteiger partial charge in [0.15, 0.2) is 0 Å². The van der Waals surface area contributed by atoms with Gasteiger partial charge in [0, 0.05) is 18.4 Å². The van der Waals surface area contributed by atoms with Gasteiger partial charge in [-0.05, 0) is 12.5 Å². The van der Waals surface area contributed by atoms with Crippen LogP contribution in [-0.2, 0) is 10.6 Å². The molecule has 2 heterocycles. The normalized spacial score (nSPS) is 21.4. The van der Waals surface area contributed by atoms with Crippen LogP contribution in [-0.4, -0.2) is 17.8 Å². The van der Waals surface area contributed by atoms with Crippen LogP contribution in [0, 0.1) is 0 Å². The Hall–Kier alpha value is -0.800. The summed E-state index contributed by atoms with van der Waals surface area (Å²) in [6.45, 7) is 1.37. The van der Waals surface area contributed by atoms with E-state index in [9.17, 15) is 4.79 Å². The predicted molar refractivity (Wildman–Crippen MR) is 54.7 cm³/mol. The number of ether oxygens (including phenoxy) is 1. The largest absolute Gasteiger partial charge is 0.379 e. The highest BCUT2D eigenvalue weighted by molar-refractivity contribution is 6.17. The van der Waals surface area contributed by atoms with Gasteiger partial charge in [-0.25, -0.2) is 0 Å². The van der Waals surface area contributed by atoms with Gasteiger partial charge < -0.3 is 9.30 Å². The first kappa shape index (κ1) is 9.74. The molecule has 0 unspecified atom stereocenters. The molecule has 1 aromatic rings. The fourth-order valence-corrected chi connectivity index (χ4v) is 1.89. The van der Waals surface area contributed by atoms with E-state index in [4.69, 9.17) is 16.3 Å². The molecule has 14 heavy (non-hydrogen) atoms. The van der Waals surface area contributed by atoms with Crippen molar-refractivity contribution in [1.29, 1.82) is 0 Å². The number of hydrogen-bond donors (Lipinski definition) is 0. The Morgan fingerprint density at radius 2 is 2.50 bits per heavy atom. The molecule has 0 aromatic carbocycles. The van der Waals surface area contributed by atoms with E-state index in [2.05, 4.69) is 0 Å². The first-order chi connectivity index (χ1) is 6.83. The minimum absolute atomic E-state index is 0.0120. The molecule has 76 valence electrons. The summed E-state index contributed by atoms with van der Waals surface area (Å²) in [6.07, 6.45) is 2.71. The number of pyridine rings is 1. The fraction of sp³-hybridized carbons (Fsp3) is 0.500. The van der Waals surface area contributed by atoms with Crippen molar-refractivity contribution in [2.24, 2.45) is 0 Å². The Balaban J connectivity index is 2.37. The van der Waals surface area contributed by atoms with Crippen molar-refractivity contribution in [2.45, 2.75) is 18.3 Å². The molecule has 1 saturated heterocycles. The average Bonchev–Trinajstić information content (AvgIpc) is 2.71. The molecule has 1 aromatic heterocycles. The molecule has 1 fully saturated rings. The molecule has 0 spiro atoms. The fourth-order valence-electron chi connectivity index (χ4n) is 1.69. The summed E-state index contributed by atoms with van der Waals surface area (Å²) in [7, 11) is 0. The lowest BCUT2D eigenvalue weighted by Gasteiger charge is -2.12. The van der Waals surface area contributed by atoms with E-state index in [1.54, 1.807) is 16.8 Å². The SMILES string of the molecule is O=c1c(CCl)cccn1[C@H]1CCOC1. The molecule has 0 saturated carbocycles. The van der Waals surface area contributed by atoms with E-state index in [0.29, 0.717) is 12.2 Å². The second kappa shape index (κ2) is 4.15. The van der Waals surface area contributed by atoms with Gasteiger partial charge in [-0.2, -0.15) is 0 Å². The van der Waals surface area contributed by atoms with Crippen LogP contribution in [0.5, 0.6) is 0 Å². The quantitative estimate of drug-likeness (QED) is 0.698. The van der Waals surface area contributed by atoms with E-state index < -0.39 is 0 Å². The van der Waals surface area contributed by atoms with Crippen LogP contribution < -0.4 is 5.56 Å². The third-order valence-electron chi connectivity index (χ3n) is 2.50. The third kappa shape index (κ3) is 1.70. The lowest BCUT2D eigenvalue weighted by Crippen LogP contribution is -2.26. The molecule has 1 atom stereocenters. The lowest BCUT2D eigenvalue weighted by atomic mass is 10.2. The Morgan fingerprint density at radius 3 is 3.14 bits per heavy atom. The number of rotatable bonds is 2. The zero-order valence-electron chi connectivity index (χ0n) is 7.78. The number of halogens is 1. The van der Waals surface area contributed by atoms with Gasteiger partial charge in [-0.3, -0.25) is 4.79 Å². The maximum atomic E-state index is 11.8. The molecule has 0 radical (unpaired) electrons. The molecule has 0 aliphatic carbocycles.